The van der Waals surface area contributed by atoms with Crippen molar-refractivity contribution in [3.63, 3.8) is 0 Å². The molecule has 0 aliphatic rings. The summed E-state index contributed by atoms with van der Waals surface area (Å²) in [5.74, 6) is -1.00. The van der Waals surface area contributed by atoms with E-state index in [1.807, 2.05) is 38.2 Å². The zero-order chi connectivity index (χ0) is 11.7. The topological polar surface area (TPSA) is 55.1 Å². The standard InChI is InChI=1S/C12H12N2O2/c1-8(2)7-14-10-6-4-3-5-9(10)11(13-14)12(15)16/h3-7H,1-2H3,(H,15,16). The van der Waals surface area contributed by atoms with Crippen LogP contribution in [-0.4, -0.2) is 20.9 Å². The third-order valence-electron chi connectivity index (χ3n) is 2.20. The number of fused-ring (bicyclic) bond motifs is 1. The molecule has 1 N–H and O–H groups in total. The number of aromatic nitrogens is 2. The largest absolute Gasteiger partial charge is 0.476 e. The first-order chi connectivity index (χ1) is 7.59. The second-order valence-corrected chi connectivity index (χ2v) is 3.82. The van der Waals surface area contributed by atoms with Crippen molar-refractivity contribution in [3.05, 3.63) is 35.5 Å². The van der Waals surface area contributed by atoms with Gasteiger partial charge in [-0.25, -0.2) is 9.48 Å². The van der Waals surface area contributed by atoms with Crippen LogP contribution in [0.25, 0.3) is 17.1 Å². The maximum Gasteiger partial charge on any atom is 0.357 e. The van der Waals surface area contributed by atoms with Gasteiger partial charge in [0.15, 0.2) is 5.69 Å². The first-order valence-corrected chi connectivity index (χ1v) is 4.95. The number of hydrogen-bond donors (Lipinski definition) is 1. The number of hydrogen-bond acceptors (Lipinski definition) is 2. The van der Waals surface area contributed by atoms with Crippen LogP contribution in [0.5, 0.6) is 0 Å². The first kappa shape index (κ1) is 10.4. The maximum absolute atomic E-state index is 11.0. The van der Waals surface area contributed by atoms with Crippen molar-refractivity contribution >= 4 is 23.1 Å². The van der Waals surface area contributed by atoms with Crippen molar-refractivity contribution in [1.29, 1.82) is 0 Å². The molecule has 0 aliphatic carbocycles. The molecule has 0 radical (unpaired) electrons. The third-order valence-corrected chi connectivity index (χ3v) is 2.20. The van der Waals surface area contributed by atoms with Gasteiger partial charge in [-0.2, -0.15) is 5.10 Å². The minimum Gasteiger partial charge on any atom is -0.476 e. The zero-order valence-corrected chi connectivity index (χ0v) is 9.14. The van der Waals surface area contributed by atoms with Crippen molar-refractivity contribution in [2.45, 2.75) is 13.8 Å². The van der Waals surface area contributed by atoms with E-state index in [2.05, 4.69) is 5.10 Å². The first-order valence-electron chi connectivity index (χ1n) is 4.95. The van der Waals surface area contributed by atoms with E-state index in [0.717, 1.165) is 11.1 Å². The van der Waals surface area contributed by atoms with Gasteiger partial charge in [-0.1, -0.05) is 23.8 Å². The summed E-state index contributed by atoms with van der Waals surface area (Å²) in [4.78, 5) is 11.0. The van der Waals surface area contributed by atoms with Crippen LogP contribution in [0.15, 0.2) is 29.8 Å². The highest BCUT2D eigenvalue weighted by molar-refractivity contribution is 6.01. The number of carboxylic acids is 1. The molecule has 2 rings (SSSR count). The molecule has 4 heteroatoms. The molecule has 2 aromatic rings. The Kier molecular flexibility index (Phi) is 2.48. The van der Waals surface area contributed by atoms with Gasteiger partial charge < -0.3 is 5.11 Å². The Morgan fingerprint density at radius 3 is 2.69 bits per heavy atom. The lowest BCUT2D eigenvalue weighted by atomic mass is 10.2. The number of carbonyl (C=O) groups is 1. The predicted octanol–water partition coefficient (Wildman–Crippen LogP) is 2.62. The van der Waals surface area contributed by atoms with Gasteiger partial charge in [0.25, 0.3) is 0 Å². The number of rotatable bonds is 2. The minimum atomic E-state index is -1.00. The van der Waals surface area contributed by atoms with Crippen LogP contribution < -0.4 is 0 Å². The zero-order valence-electron chi connectivity index (χ0n) is 9.14. The number of allylic oxidation sites excluding steroid dienone is 1. The van der Waals surface area contributed by atoms with Gasteiger partial charge >= 0.3 is 5.97 Å². The van der Waals surface area contributed by atoms with Gasteiger partial charge in [-0.3, -0.25) is 0 Å². The van der Waals surface area contributed by atoms with Gasteiger partial charge in [0.2, 0.25) is 0 Å². The second kappa shape index (κ2) is 3.81. The van der Waals surface area contributed by atoms with Crippen LogP contribution in [0, 0.1) is 0 Å². The Bertz CT molecular complexity index is 578. The number of benzene rings is 1. The molecule has 0 atom stereocenters. The summed E-state index contributed by atoms with van der Waals surface area (Å²) < 4.78 is 1.61. The molecule has 0 amide bonds. The lowest BCUT2D eigenvalue weighted by Gasteiger charge is -1.95. The van der Waals surface area contributed by atoms with E-state index in [1.165, 1.54) is 0 Å². The van der Waals surface area contributed by atoms with Crippen molar-refractivity contribution in [2.24, 2.45) is 0 Å². The molecule has 0 aliphatic heterocycles. The molecule has 82 valence electrons. The number of para-hydroxylation sites is 1. The smallest absolute Gasteiger partial charge is 0.357 e. The normalized spacial score (nSPS) is 10.4. The van der Waals surface area contributed by atoms with Gasteiger partial charge in [0.1, 0.15) is 0 Å². The summed E-state index contributed by atoms with van der Waals surface area (Å²) in [7, 11) is 0. The highest BCUT2D eigenvalue weighted by Crippen LogP contribution is 2.19. The van der Waals surface area contributed by atoms with Gasteiger partial charge in [-0.05, 0) is 19.9 Å². The summed E-state index contributed by atoms with van der Waals surface area (Å²) >= 11 is 0. The fraction of sp³-hybridized carbons (Fsp3) is 0.167. The van der Waals surface area contributed by atoms with E-state index in [-0.39, 0.29) is 5.69 Å². The Hall–Kier alpha value is -2.10. The molecule has 1 aromatic carbocycles. The summed E-state index contributed by atoms with van der Waals surface area (Å²) in [5, 5.41) is 13.8. The second-order valence-electron chi connectivity index (χ2n) is 3.82. The van der Waals surface area contributed by atoms with E-state index < -0.39 is 5.97 Å². The van der Waals surface area contributed by atoms with Crippen molar-refractivity contribution < 1.29 is 9.90 Å². The lowest BCUT2D eigenvalue weighted by molar-refractivity contribution is 0.0692. The molecule has 0 fully saturated rings. The molecule has 0 saturated heterocycles. The quantitative estimate of drug-likeness (QED) is 0.839. The van der Waals surface area contributed by atoms with Crippen molar-refractivity contribution in [3.8, 4) is 0 Å². The van der Waals surface area contributed by atoms with Crippen LogP contribution in [0.1, 0.15) is 24.3 Å². The molecule has 0 saturated carbocycles. The third kappa shape index (κ3) is 1.69. The van der Waals surface area contributed by atoms with Crippen LogP contribution in [0.3, 0.4) is 0 Å². The summed E-state index contributed by atoms with van der Waals surface area (Å²) in [6.45, 7) is 3.88. The summed E-state index contributed by atoms with van der Waals surface area (Å²) in [6.07, 6.45) is 1.81. The molecule has 0 unspecified atom stereocenters. The Morgan fingerprint density at radius 2 is 2.06 bits per heavy atom. The molecular weight excluding hydrogens is 204 g/mol. The van der Waals surface area contributed by atoms with Crippen molar-refractivity contribution in [2.75, 3.05) is 0 Å². The van der Waals surface area contributed by atoms with E-state index >= 15 is 0 Å². The number of nitrogens with zero attached hydrogens (tertiary/aromatic N) is 2. The fourth-order valence-electron chi connectivity index (χ4n) is 1.59. The molecule has 4 nitrogen and oxygen atoms in total. The molecule has 1 heterocycles. The summed E-state index contributed by atoms with van der Waals surface area (Å²) in [6, 6.07) is 7.30. The van der Waals surface area contributed by atoms with Gasteiger partial charge in [0.05, 0.1) is 5.52 Å². The average Bonchev–Trinajstić information content (AvgIpc) is 2.57. The predicted molar refractivity (Wildman–Crippen MR) is 62.3 cm³/mol. The van der Waals surface area contributed by atoms with E-state index in [1.54, 1.807) is 10.7 Å². The molecule has 16 heavy (non-hydrogen) atoms. The molecule has 1 aromatic heterocycles. The Labute approximate surface area is 92.8 Å². The highest BCUT2D eigenvalue weighted by Gasteiger charge is 2.14. The monoisotopic (exact) mass is 216 g/mol. The number of aromatic carboxylic acids is 1. The van der Waals surface area contributed by atoms with Crippen LogP contribution >= 0.6 is 0 Å². The van der Waals surface area contributed by atoms with E-state index in [9.17, 15) is 4.79 Å². The van der Waals surface area contributed by atoms with Crippen molar-refractivity contribution in [1.82, 2.24) is 9.78 Å². The maximum atomic E-state index is 11.0. The number of carboxylic acid groups (broad SMARTS) is 1. The highest BCUT2D eigenvalue weighted by atomic mass is 16.4. The Morgan fingerprint density at radius 1 is 1.38 bits per heavy atom. The molecule has 0 spiro atoms. The van der Waals surface area contributed by atoms with Crippen LogP contribution in [0.4, 0.5) is 0 Å². The SMILES string of the molecule is CC(C)=Cn1nc(C(=O)O)c2ccccc21. The van der Waals surface area contributed by atoms with E-state index in [0.29, 0.717) is 5.39 Å². The van der Waals surface area contributed by atoms with Crippen LogP contribution in [0.2, 0.25) is 0 Å². The van der Waals surface area contributed by atoms with Crippen LogP contribution in [-0.2, 0) is 0 Å². The minimum absolute atomic E-state index is 0.0908. The Balaban J connectivity index is 2.77. The fourth-order valence-corrected chi connectivity index (χ4v) is 1.59. The van der Waals surface area contributed by atoms with E-state index in [4.69, 9.17) is 5.11 Å². The molecular formula is C12H12N2O2. The molecule has 0 bridgehead atoms. The van der Waals surface area contributed by atoms with Gasteiger partial charge in [-0.15, -0.1) is 0 Å². The lowest BCUT2D eigenvalue weighted by Crippen LogP contribution is -1.99. The van der Waals surface area contributed by atoms with Gasteiger partial charge in [0, 0.05) is 11.6 Å². The average molecular weight is 216 g/mol. The summed E-state index contributed by atoms with van der Waals surface area (Å²) in [5.41, 5.74) is 1.96.